The van der Waals surface area contributed by atoms with Crippen molar-refractivity contribution >= 4 is 5.82 Å². The highest BCUT2D eigenvalue weighted by Gasteiger charge is 2.26. The predicted octanol–water partition coefficient (Wildman–Crippen LogP) is 2.21. The number of rotatable bonds is 3. The zero-order valence-electron chi connectivity index (χ0n) is 10.4. The summed E-state index contributed by atoms with van der Waals surface area (Å²) in [6.45, 7) is 8.11. The minimum absolute atomic E-state index is 0.815. The van der Waals surface area contributed by atoms with Crippen molar-refractivity contribution in [3.8, 4) is 0 Å². The first-order valence-electron chi connectivity index (χ1n) is 6.04. The number of anilines is 1. The lowest BCUT2D eigenvalue weighted by Gasteiger charge is -2.17. The lowest BCUT2D eigenvalue weighted by molar-refractivity contribution is 0.316. The first-order valence-corrected chi connectivity index (χ1v) is 6.04. The molecule has 1 aliphatic rings. The minimum atomic E-state index is 0.815. The Morgan fingerprint density at radius 2 is 2.06 bits per heavy atom. The molecular weight excluding hydrogens is 198 g/mol. The number of pyridine rings is 1. The number of hydrogen-bond donors (Lipinski definition) is 1. The maximum absolute atomic E-state index is 4.34. The van der Waals surface area contributed by atoms with Crippen molar-refractivity contribution in [2.45, 2.75) is 20.4 Å². The van der Waals surface area contributed by atoms with E-state index in [0.29, 0.717) is 0 Å². The number of hydrogen-bond acceptors (Lipinski definition) is 3. The molecule has 2 unspecified atom stereocenters. The van der Waals surface area contributed by atoms with Crippen LogP contribution in [-0.2, 0) is 6.54 Å². The van der Waals surface area contributed by atoms with Gasteiger partial charge in [0.15, 0.2) is 0 Å². The summed E-state index contributed by atoms with van der Waals surface area (Å²) < 4.78 is 0. The standard InChI is InChI=1S/C13H21N3/c1-10-7-16(8-11(10)2)9-12-5-4-6-15-13(12)14-3/h4-6,10-11H,7-9H2,1-3H3,(H,14,15). The molecule has 3 heteroatoms. The maximum atomic E-state index is 4.34. The van der Waals surface area contributed by atoms with Gasteiger partial charge < -0.3 is 5.32 Å². The van der Waals surface area contributed by atoms with Gasteiger partial charge in [-0.3, -0.25) is 4.90 Å². The zero-order chi connectivity index (χ0) is 11.5. The van der Waals surface area contributed by atoms with E-state index in [1.165, 1.54) is 18.7 Å². The molecule has 0 aromatic carbocycles. The fourth-order valence-electron chi connectivity index (χ4n) is 2.41. The van der Waals surface area contributed by atoms with Crippen molar-refractivity contribution < 1.29 is 0 Å². The summed E-state index contributed by atoms with van der Waals surface area (Å²) in [6.07, 6.45) is 1.84. The summed E-state index contributed by atoms with van der Waals surface area (Å²) in [6, 6.07) is 4.17. The Bertz CT molecular complexity index is 341. The van der Waals surface area contributed by atoms with E-state index in [4.69, 9.17) is 0 Å². The van der Waals surface area contributed by atoms with Crippen molar-refractivity contribution in [2.75, 3.05) is 25.5 Å². The summed E-state index contributed by atoms with van der Waals surface area (Å²) in [5.74, 6) is 2.64. The zero-order valence-corrected chi connectivity index (χ0v) is 10.4. The molecule has 0 aliphatic carbocycles. The van der Waals surface area contributed by atoms with Crippen molar-refractivity contribution in [1.29, 1.82) is 0 Å². The molecule has 1 aliphatic heterocycles. The molecule has 88 valence electrons. The van der Waals surface area contributed by atoms with Crippen molar-refractivity contribution in [1.82, 2.24) is 9.88 Å². The average molecular weight is 219 g/mol. The van der Waals surface area contributed by atoms with Crippen LogP contribution in [0, 0.1) is 11.8 Å². The van der Waals surface area contributed by atoms with E-state index in [-0.39, 0.29) is 0 Å². The molecule has 1 aromatic heterocycles. The van der Waals surface area contributed by atoms with Gasteiger partial charge in [0, 0.05) is 38.4 Å². The molecule has 2 atom stereocenters. The van der Waals surface area contributed by atoms with E-state index in [0.717, 1.165) is 24.2 Å². The van der Waals surface area contributed by atoms with Crippen molar-refractivity contribution in [3.63, 3.8) is 0 Å². The quantitative estimate of drug-likeness (QED) is 0.845. The lowest BCUT2D eigenvalue weighted by Crippen LogP contribution is -2.20. The molecule has 0 spiro atoms. The normalized spacial score (nSPS) is 25.9. The summed E-state index contributed by atoms with van der Waals surface area (Å²) in [5.41, 5.74) is 1.30. The topological polar surface area (TPSA) is 28.2 Å². The first-order chi connectivity index (χ1) is 7.70. The van der Waals surface area contributed by atoms with E-state index in [1.54, 1.807) is 0 Å². The van der Waals surface area contributed by atoms with Crippen LogP contribution in [0.4, 0.5) is 5.82 Å². The molecule has 0 saturated carbocycles. The van der Waals surface area contributed by atoms with Crippen LogP contribution in [-0.4, -0.2) is 30.0 Å². The van der Waals surface area contributed by atoms with Crippen LogP contribution in [0.15, 0.2) is 18.3 Å². The monoisotopic (exact) mass is 219 g/mol. The summed E-state index contributed by atoms with van der Waals surface area (Å²) in [7, 11) is 1.93. The summed E-state index contributed by atoms with van der Waals surface area (Å²) >= 11 is 0. The molecule has 16 heavy (non-hydrogen) atoms. The molecule has 0 bridgehead atoms. The van der Waals surface area contributed by atoms with Gasteiger partial charge in [0.05, 0.1) is 0 Å². The van der Waals surface area contributed by atoms with Crippen LogP contribution in [0.5, 0.6) is 0 Å². The van der Waals surface area contributed by atoms with Crippen molar-refractivity contribution in [3.05, 3.63) is 23.9 Å². The van der Waals surface area contributed by atoms with Crippen LogP contribution in [0.25, 0.3) is 0 Å². The van der Waals surface area contributed by atoms with Gasteiger partial charge in [-0.05, 0) is 17.9 Å². The van der Waals surface area contributed by atoms with Gasteiger partial charge in [0.25, 0.3) is 0 Å². The summed E-state index contributed by atoms with van der Waals surface area (Å²) in [4.78, 5) is 6.86. The van der Waals surface area contributed by atoms with E-state index >= 15 is 0 Å². The second-order valence-electron chi connectivity index (χ2n) is 4.91. The van der Waals surface area contributed by atoms with Crippen LogP contribution < -0.4 is 5.32 Å². The Kier molecular flexibility index (Phi) is 3.44. The molecule has 1 saturated heterocycles. The summed E-state index contributed by atoms with van der Waals surface area (Å²) in [5, 5.41) is 3.15. The SMILES string of the molecule is CNc1ncccc1CN1CC(C)C(C)C1. The van der Waals surface area contributed by atoms with Crippen LogP contribution in [0.1, 0.15) is 19.4 Å². The third kappa shape index (κ3) is 2.35. The van der Waals surface area contributed by atoms with Gasteiger partial charge >= 0.3 is 0 Å². The van der Waals surface area contributed by atoms with Gasteiger partial charge in [0.1, 0.15) is 5.82 Å². The second-order valence-corrected chi connectivity index (χ2v) is 4.91. The molecule has 0 amide bonds. The average Bonchev–Trinajstić information content (AvgIpc) is 2.59. The molecule has 1 fully saturated rings. The molecule has 2 rings (SSSR count). The van der Waals surface area contributed by atoms with E-state index in [2.05, 4.69) is 35.1 Å². The number of likely N-dealkylation sites (tertiary alicyclic amines) is 1. The van der Waals surface area contributed by atoms with Gasteiger partial charge in [-0.2, -0.15) is 0 Å². The van der Waals surface area contributed by atoms with E-state index < -0.39 is 0 Å². The smallest absolute Gasteiger partial charge is 0.130 e. The Hall–Kier alpha value is -1.09. The lowest BCUT2D eigenvalue weighted by atomic mass is 10.0. The van der Waals surface area contributed by atoms with Crippen LogP contribution in [0.2, 0.25) is 0 Å². The van der Waals surface area contributed by atoms with E-state index in [1.807, 2.05) is 19.3 Å². The number of nitrogens with one attached hydrogen (secondary N) is 1. The van der Waals surface area contributed by atoms with E-state index in [9.17, 15) is 0 Å². The molecular formula is C13H21N3. The molecule has 3 nitrogen and oxygen atoms in total. The highest BCUT2D eigenvalue weighted by atomic mass is 15.2. The predicted molar refractivity (Wildman–Crippen MR) is 67.4 cm³/mol. The van der Waals surface area contributed by atoms with Gasteiger partial charge in [-0.25, -0.2) is 4.98 Å². The van der Waals surface area contributed by atoms with Gasteiger partial charge in [-0.1, -0.05) is 19.9 Å². The minimum Gasteiger partial charge on any atom is -0.373 e. The Morgan fingerprint density at radius 3 is 2.69 bits per heavy atom. The largest absolute Gasteiger partial charge is 0.373 e. The first kappa shape index (κ1) is 11.4. The third-order valence-corrected chi connectivity index (χ3v) is 3.59. The third-order valence-electron chi connectivity index (χ3n) is 3.59. The molecule has 2 heterocycles. The highest BCUT2D eigenvalue weighted by Crippen LogP contribution is 2.24. The fraction of sp³-hybridized carbons (Fsp3) is 0.615. The van der Waals surface area contributed by atoms with Gasteiger partial charge in [-0.15, -0.1) is 0 Å². The second kappa shape index (κ2) is 4.83. The maximum Gasteiger partial charge on any atom is 0.130 e. The van der Waals surface area contributed by atoms with Gasteiger partial charge in [0.2, 0.25) is 0 Å². The Morgan fingerprint density at radius 1 is 1.38 bits per heavy atom. The van der Waals surface area contributed by atoms with Crippen molar-refractivity contribution in [2.24, 2.45) is 11.8 Å². The fourth-order valence-corrected chi connectivity index (χ4v) is 2.41. The number of nitrogens with zero attached hydrogens (tertiary/aromatic N) is 2. The number of aromatic nitrogens is 1. The molecule has 1 aromatic rings. The molecule has 0 radical (unpaired) electrons. The van der Waals surface area contributed by atoms with Crippen LogP contribution in [0.3, 0.4) is 0 Å². The van der Waals surface area contributed by atoms with Crippen LogP contribution >= 0.6 is 0 Å². The highest BCUT2D eigenvalue weighted by molar-refractivity contribution is 5.42. The Balaban J connectivity index is 2.04. The Labute approximate surface area is 97.9 Å². The molecule has 1 N–H and O–H groups in total.